The zero-order valence-corrected chi connectivity index (χ0v) is 13.7. The number of carbonyl (C=O) groups excluding carboxylic acids is 1. The summed E-state index contributed by atoms with van der Waals surface area (Å²) < 4.78 is 1.09. The number of nitrogens with one attached hydrogen (secondary N) is 1. The maximum Gasteiger partial charge on any atom is 0.251 e. The molecule has 0 atom stereocenters. The van der Waals surface area contributed by atoms with Crippen molar-refractivity contribution in [2.24, 2.45) is 0 Å². The van der Waals surface area contributed by atoms with Crippen LogP contribution >= 0.6 is 22.6 Å². The van der Waals surface area contributed by atoms with Crippen LogP contribution in [0.2, 0.25) is 0 Å². The third-order valence-electron chi connectivity index (χ3n) is 4.15. The molecule has 0 aromatic heterocycles. The minimum atomic E-state index is 0.0339. The van der Waals surface area contributed by atoms with Gasteiger partial charge in [0.05, 0.1) is 0 Å². The number of carbonyl (C=O) groups is 1. The molecule has 1 aliphatic rings. The zero-order valence-electron chi connectivity index (χ0n) is 11.6. The molecule has 104 valence electrons. The Morgan fingerprint density at radius 1 is 1.37 bits per heavy atom. The number of likely N-dealkylation sites (N-methyl/N-ethyl adjacent to an activating group) is 1. The molecule has 1 fully saturated rings. The van der Waals surface area contributed by atoms with Crippen LogP contribution in [0.5, 0.6) is 0 Å². The van der Waals surface area contributed by atoms with Crippen LogP contribution in [-0.2, 0) is 0 Å². The van der Waals surface area contributed by atoms with Gasteiger partial charge in [0.15, 0.2) is 0 Å². The first-order chi connectivity index (χ1) is 9.03. The van der Waals surface area contributed by atoms with Gasteiger partial charge in [-0.3, -0.25) is 4.79 Å². The van der Waals surface area contributed by atoms with Gasteiger partial charge in [-0.05, 0) is 67.7 Å². The van der Waals surface area contributed by atoms with Gasteiger partial charge in [0, 0.05) is 21.2 Å². The van der Waals surface area contributed by atoms with Crippen molar-refractivity contribution in [2.75, 3.05) is 20.6 Å². The molecule has 0 saturated heterocycles. The van der Waals surface area contributed by atoms with Gasteiger partial charge in [-0.1, -0.05) is 18.9 Å². The third kappa shape index (κ3) is 3.48. The van der Waals surface area contributed by atoms with Crippen LogP contribution in [0.25, 0.3) is 0 Å². The van der Waals surface area contributed by atoms with E-state index in [4.69, 9.17) is 0 Å². The number of hydrogen-bond donors (Lipinski definition) is 1. The predicted molar refractivity (Wildman–Crippen MR) is 86.4 cm³/mol. The maximum atomic E-state index is 12.2. The molecule has 19 heavy (non-hydrogen) atoms. The lowest BCUT2D eigenvalue weighted by atomic mass is 9.96. The smallest absolute Gasteiger partial charge is 0.251 e. The second-order valence-corrected chi connectivity index (χ2v) is 6.76. The SMILES string of the molecule is CN(C)C1(CNC(=O)c2cccc(I)c2)CCCC1. The number of amides is 1. The molecule has 1 aliphatic carbocycles. The molecular formula is C15H21IN2O. The number of benzene rings is 1. The van der Waals surface area contributed by atoms with Crippen LogP contribution in [-0.4, -0.2) is 37.0 Å². The lowest BCUT2D eigenvalue weighted by Gasteiger charge is -2.36. The first kappa shape index (κ1) is 14.8. The zero-order chi connectivity index (χ0) is 13.9. The van der Waals surface area contributed by atoms with E-state index in [1.54, 1.807) is 0 Å². The van der Waals surface area contributed by atoms with E-state index in [-0.39, 0.29) is 11.4 Å². The van der Waals surface area contributed by atoms with E-state index in [0.29, 0.717) is 0 Å². The van der Waals surface area contributed by atoms with Crippen molar-refractivity contribution in [1.82, 2.24) is 10.2 Å². The Bertz CT molecular complexity index is 453. The number of hydrogen-bond acceptors (Lipinski definition) is 2. The topological polar surface area (TPSA) is 32.3 Å². The third-order valence-corrected chi connectivity index (χ3v) is 4.82. The summed E-state index contributed by atoms with van der Waals surface area (Å²) in [5.74, 6) is 0.0339. The standard InChI is InChI=1S/C15H21IN2O/c1-18(2)15(8-3-4-9-15)11-17-14(19)12-6-5-7-13(16)10-12/h5-7,10H,3-4,8-9,11H2,1-2H3,(H,17,19). The molecule has 1 aromatic rings. The minimum Gasteiger partial charge on any atom is -0.350 e. The first-order valence-corrected chi connectivity index (χ1v) is 7.83. The first-order valence-electron chi connectivity index (χ1n) is 6.75. The van der Waals surface area contributed by atoms with Gasteiger partial charge in [-0.25, -0.2) is 0 Å². The van der Waals surface area contributed by atoms with Gasteiger partial charge in [0.2, 0.25) is 0 Å². The van der Waals surface area contributed by atoms with E-state index in [9.17, 15) is 4.79 Å². The Morgan fingerprint density at radius 3 is 2.63 bits per heavy atom. The highest BCUT2D eigenvalue weighted by Gasteiger charge is 2.36. The Balaban J connectivity index is 2.00. The van der Waals surface area contributed by atoms with Gasteiger partial charge < -0.3 is 10.2 Å². The molecule has 0 heterocycles. The lowest BCUT2D eigenvalue weighted by Crippen LogP contribution is -2.50. The highest BCUT2D eigenvalue weighted by atomic mass is 127. The summed E-state index contributed by atoms with van der Waals surface area (Å²) in [7, 11) is 4.23. The molecule has 0 radical (unpaired) electrons. The van der Waals surface area contributed by atoms with Crippen LogP contribution in [0.3, 0.4) is 0 Å². The van der Waals surface area contributed by atoms with Gasteiger partial charge in [0.1, 0.15) is 0 Å². The van der Waals surface area contributed by atoms with E-state index in [0.717, 1.165) is 15.7 Å². The molecule has 3 nitrogen and oxygen atoms in total. The minimum absolute atomic E-state index is 0.0339. The van der Waals surface area contributed by atoms with Crippen LogP contribution in [0.1, 0.15) is 36.0 Å². The van der Waals surface area contributed by atoms with E-state index < -0.39 is 0 Å². The number of halogens is 1. The highest BCUT2D eigenvalue weighted by molar-refractivity contribution is 14.1. The molecule has 4 heteroatoms. The molecule has 0 spiro atoms. The fraction of sp³-hybridized carbons (Fsp3) is 0.533. The quantitative estimate of drug-likeness (QED) is 0.825. The average Bonchev–Trinajstić information content (AvgIpc) is 2.86. The summed E-state index contributed by atoms with van der Waals surface area (Å²) in [5.41, 5.74) is 0.899. The van der Waals surface area contributed by atoms with Gasteiger partial charge in [-0.2, -0.15) is 0 Å². The fourth-order valence-electron chi connectivity index (χ4n) is 2.79. The van der Waals surface area contributed by atoms with Crippen molar-refractivity contribution < 1.29 is 4.79 Å². The monoisotopic (exact) mass is 372 g/mol. The van der Waals surface area contributed by atoms with Gasteiger partial charge in [0.25, 0.3) is 5.91 Å². The van der Waals surface area contributed by atoms with E-state index in [1.165, 1.54) is 25.7 Å². The van der Waals surface area contributed by atoms with Gasteiger partial charge >= 0.3 is 0 Å². The molecule has 1 N–H and O–H groups in total. The summed E-state index contributed by atoms with van der Waals surface area (Å²) in [4.78, 5) is 14.5. The van der Waals surface area contributed by atoms with Crippen LogP contribution in [0, 0.1) is 3.57 Å². The summed E-state index contributed by atoms with van der Waals surface area (Å²) in [6, 6.07) is 7.71. The van der Waals surface area contributed by atoms with Crippen molar-refractivity contribution in [3.8, 4) is 0 Å². The molecule has 0 aliphatic heterocycles. The Hall–Kier alpha value is -0.620. The van der Waals surface area contributed by atoms with Crippen molar-refractivity contribution >= 4 is 28.5 Å². The van der Waals surface area contributed by atoms with Crippen LogP contribution in [0.4, 0.5) is 0 Å². The van der Waals surface area contributed by atoms with Crippen molar-refractivity contribution in [1.29, 1.82) is 0 Å². The largest absolute Gasteiger partial charge is 0.350 e. The van der Waals surface area contributed by atoms with Crippen molar-refractivity contribution in [2.45, 2.75) is 31.2 Å². The summed E-state index contributed by atoms with van der Waals surface area (Å²) >= 11 is 2.23. The van der Waals surface area contributed by atoms with Crippen LogP contribution < -0.4 is 5.32 Å². The Labute approximate surface area is 128 Å². The lowest BCUT2D eigenvalue weighted by molar-refractivity contribution is 0.0900. The molecule has 0 bridgehead atoms. The normalized spacial score (nSPS) is 17.7. The fourth-order valence-corrected chi connectivity index (χ4v) is 3.33. The van der Waals surface area contributed by atoms with Crippen molar-refractivity contribution in [3.63, 3.8) is 0 Å². The maximum absolute atomic E-state index is 12.2. The Morgan fingerprint density at radius 2 is 2.05 bits per heavy atom. The van der Waals surface area contributed by atoms with Gasteiger partial charge in [-0.15, -0.1) is 0 Å². The van der Waals surface area contributed by atoms with E-state index >= 15 is 0 Å². The molecular weight excluding hydrogens is 351 g/mol. The number of rotatable bonds is 4. The second kappa shape index (κ2) is 6.22. The van der Waals surface area contributed by atoms with Crippen molar-refractivity contribution in [3.05, 3.63) is 33.4 Å². The molecule has 1 aromatic carbocycles. The summed E-state index contributed by atoms with van der Waals surface area (Å²) in [6.45, 7) is 0.740. The van der Waals surface area contributed by atoms with E-state index in [2.05, 4.69) is 46.9 Å². The Kier molecular flexibility index (Phi) is 4.84. The van der Waals surface area contributed by atoms with E-state index in [1.807, 2.05) is 24.3 Å². The molecule has 2 rings (SSSR count). The second-order valence-electron chi connectivity index (χ2n) is 5.52. The molecule has 1 saturated carbocycles. The summed E-state index contributed by atoms with van der Waals surface area (Å²) in [5, 5.41) is 3.11. The van der Waals surface area contributed by atoms with Crippen LogP contribution in [0.15, 0.2) is 24.3 Å². The summed E-state index contributed by atoms with van der Waals surface area (Å²) in [6.07, 6.45) is 4.87. The molecule has 0 unspecified atom stereocenters. The predicted octanol–water partition coefficient (Wildman–Crippen LogP) is 2.90. The number of nitrogens with zero attached hydrogens (tertiary/aromatic N) is 1. The molecule has 1 amide bonds. The average molecular weight is 372 g/mol. The highest BCUT2D eigenvalue weighted by Crippen LogP contribution is 2.33.